The van der Waals surface area contributed by atoms with E-state index < -0.39 is 6.09 Å². The standard InChI is InChI=1S/C23H27N5O4/c1-13(2)16-12-32-20-5-4-17(26-21(16)20)22(29)27-18-9-24-7-6-19(18)28-10-14(3)8-15(11-28)25-23(30)31/h4-7,9,12-15,25H,8,10-11H2,1-3H3,(H,27,29)(H,30,31)/t14-,15+/m1/s1. The van der Waals surface area contributed by atoms with Crippen LogP contribution in [0.25, 0.3) is 11.1 Å². The van der Waals surface area contributed by atoms with E-state index in [2.05, 4.69) is 32.4 Å². The van der Waals surface area contributed by atoms with Crippen LogP contribution in [0.5, 0.6) is 0 Å². The molecule has 1 aliphatic heterocycles. The monoisotopic (exact) mass is 437 g/mol. The van der Waals surface area contributed by atoms with Gasteiger partial charge in [0.15, 0.2) is 5.58 Å². The number of anilines is 2. The van der Waals surface area contributed by atoms with Gasteiger partial charge in [-0.2, -0.15) is 0 Å². The van der Waals surface area contributed by atoms with Gasteiger partial charge in [0.25, 0.3) is 5.91 Å². The van der Waals surface area contributed by atoms with E-state index >= 15 is 0 Å². The number of rotatable bonds is 5. The summed E-state index contributed by atoms with van der Waals surface area (Å²) >= 11 is 0. The smallest absolute Gasteiger partial charge is 0.404 e. The van der Waals surface area contributed by atoms with Crippen molar-refractivity contribution in [2.24, 2.45) is 5.92 Å². The highest BCUT2D eigenvalue weighted by Crippen LogP contribution is 2.30. The number of piperidine rings is 1. The van der Waals surface area contributed by atoms with Gasteiger partial charge in [-0.15, -0.1) is 0 Å². The van der Waals surface area contributed by atoms with Gasteiger partial charge in [-0.25, -0.2) is 9.78 Å². The summed E-state index contributed by atoms with van der Waals surface area (Å²) in [4.78, 5) is 34.9. The predicted molar refractivity (Wildman–Crippen MR) is 121 cm³/mol. The van der Waals surface area contributed by atoms with Gasteiger partial charge in [0.1, 0.15) is 11.2 Å². The van der Waals surface area contributed by atoms with Crippen LogP contribution in [-0.4, -0.2) is 46.2 Å². The Bertz CT molecular complexity index is 1140. The Morgan fingerprint density at radius 2 is 2.06 bits per heavy atom. The van der Waals surface area contributed by atoms with Crippen molar-refractivity contribution in [2.75, 3.05) is 23.3 Å². The molecule has 3 N–H and O–H groups in total. The highest BCUT2D eigenvalue weighted by Gasteiger charge is 2.27. The second kappa shape index (κ2) is 8.86. The maximum absolute atomic E-state index is 13.0. The molecule has 0 saturated carbocycles. The topological polar surface area (TPSA) is 121 Å². The number of aromatic nitrogens is 2. The fourth-order valence-electron chi connectivity index (χ4n) is 4.24. The zero-order valence-corrected chi connectivity index (χ0v) is 18.3. The van der Waals surface area contributed by atoms with Crippen LogP contribution in [0.2, 0.25) is 0 Å². The number of carboxylic acid groups (broad SMARTS) is 1. The number of hydrogen-bond acceptors (Lipinski definition) is 6. The largest absolute Gasteiger partial charge is 0.465 e. The van der Waals surface area contributed by atoms with Crippen molar-refractivity contribution >= 4 is 34.5 Å². The minimum Gasteiger partial charge on any atom is -0.465 e. The number of nitrogens with zero attached hydrogens (tertiary/aromatic N) is 3. The summed E-state index contributed by atoms with van der Waals surface area (Å²) in [5.74, 6) is 0.166. The molecule has 0 aliphatic carbocycles. The second-order valence-electron chi connectivity index (χ2n) is 8.63. The van der Waals surface area contributed by atoms with Gasteiger partial charge < -0.3 is 25.1 Å². The number of pyridine rings is 2. The van der Waals surface area contributed by atoms with Crippen LogP contribution in [-0.2, 0) is 0 Å². The van der Waals surface area contributed by atoms with E-state index in [4.69, 9.17) is 9.52 Å². The third-order valence-electron chi connectivity index (χ3n) is 5.67. The lowest BCUT2D eigenvalue weighted by molar-refractivity contribution is 0.102. The van der Waals surface area contributed by atoms with E-state index in [0.717, 1.165) is 24.2 Å². The Kier molecular flexibility index (Phi) is 5.98. The molecule has 3 aromatic heterocycles. The number of hydrogen-bond donors (Lipinski definition) is 3. The summed E-state index contributed by atoms with van der Waals surface area (Å²) in [6.45, 7) is 7.44. The maximum atomic E-state index is 13.0. The maximum Gasteiger partial charge on any atom is 0.404 e. The molecule has 9 nitrogen and oxygen atoms in total. The molecule has 2 atom stereocenters. The molecular formula is C23H27N5O4. The molecule has 1 fully saturated rings. The highest BCUT2D eigenvalue weighted by molar-refractivity contribution is 6.05. The van der Waals surface area contributed by atoms with Crippen molar-refractivity contribution in [2.45, 2.75) is 39.2 Å². The quantitative estimate of drug-likeness (QED) is 0.550. The van der Waals surface area contributed by atoms with Crippen LogP contribution in [0.3, 0.4) is 0 Å². The Labute approximate surface area is 185 Å². The molecule has 4 rings (SSSR count). The van der Waals surface area contributed by atoms with Gasteiger partial charge >= 0.3 is 6.09 Å². The Balaban J connectivity index is 1.58. The van der Waals surface area contributed by atoms with Gasteiger partial charge in [-0.3, -0.25) is 9.78 Å². The van der Waals surface area contributed by atoms with Gasteiger partial charge in [0.2, 0.25) is 0 Å². The molecule has 0 aromatic carbocycles. The van der Waals surface area contributed by atoms with E-state index in [0.29, 0.717) is 23.3 Å². The summed E-state index contributed by atoms with van der Waals surface area (Å²) in [5.41, 5.74) is 3.92. The van der Waals surface area contributed by atoms with Gasteiger partial charge in [0, 0.05) is 30.9 Å². The zero-order chi connectivity index (χ0) is 22.8. The summed E-state index contributed by atoms with van der Waals surface area (Å²) in [7, 11) is 0. The van der Waals surface area contributed by atoms with Gasteiger partial charge in [0.05, 0.1) is 23.8 Å². The van der Waals surface area contributed by atoms with Crippen LogP contribution < -0.4 is 15.5 Å². The van der Waals surface area contributed by atoms with E-state index in [1.54, 1.807) is 30.8 Å². The molecule has 32 heavy (non-hydrogen) atoms. The van der Waals surface area contributed by atoms with Crippen molar-refractivity contribution in [1.82, 2.24) is 15.3 Å². The first kappa shape index (κ1) is 21.6. The van der Waals surface area contributed by atoms with E-state index in [1.807, 2.05) is 19.9 Å². The van der Waals surface area contributed by atoms with Crippen LogP contribution in [0.4, 0.5) is 16.2 Å². The molecule has 1 saturated heterocycles. The third kappa shape index (κ3) is 4.51. The summed E-state index contributed by atoms with van der Waals surface area (Å²) in [5, 5.41) is 14.6. The van der Waals surface area contributed by atoms with Crippen molar-refractivity contribution in [3.05, 3.63) is 48.1 Å². The number of fused-ring (bicyclic) bond motifs is 1. The van der Waals surface area contributed by atoms with E-state index in [1.165, 1.54) is 0 Å². The molecule has 168 valence electrons. The van der Waals surface area contributed by atoms with Crippen LogP contribution >= 0.6 is 0 Å². The lowest BCUT2D eigenvalue weighted by Gasteiger charge is -2.38. The summed E-state index contributed by atoms with van der Waals surface area (Å²) in [6.07, 6.45) is 4.68. The molecule has 1 aliphatic rings. The number of furan rings is 1. The molecule has 0 bridgehead atoms. The van der Waals surface area contributed by atoms with Gasteiger partial charge in [-0.05, 0) is 36.5 Å². The van der Waals surface area contributed by atoms with Crippen molar-refractivity contribution in [3.8, 4) is 0 Å². The fourth-order valence-corrected chi connectivity index (χ4v) is 4.24. The van der Waals surface area contributed by atoms with Crippen LogP contribution in [0, 0.1) is 5.92 Å². The first-order valence-electron chi connectivity index (χ1n) is 10.7. The van der Waals surface area contributed by atoms with Crippen LogP contribution in [0.15, 0.2) is 41.3 Å². The second-order valence-corrected chi connectivity index (χ2v) is 8.63. The minimum atomic E-state index is -1.03. The first-order valence-corrected chi connectivity index (χ1v) is 10.7. The molecule has 3 aromatic rings. The average molecular weight is 438 g/mol. The first-order chi connectivity index (χ1) is 15.3. The SMILES string of the molecule is CC(C)c1coc2ccc(C(=O)Nc3cnccc3N3C[C@H](C)C[C@H](NC(=O)O)C3)nc12. The molecular weight excluding hydrogens is 410 g/mol. The number of carbonyl (C=O) groups excluding carboxylic acids is 1. The van der Waals surface area contributed by atoms with Crippen LogP contribution in [0.1, 0.15) is 49.2 Å². The third-order valence-corrected chi connectivity index (χ3v) is 5.67. The molecule has 2 amide bonds. The molecule has 0 unspecified atom stereocenters. The Hall–Kier alpha value is -3.62. The van der Waals surface area contributed by atoms with Gasteiger partial charge in [-0.1, -0.05) is 20.8 Å². The summed E-state index contributed by atoms with van der Waals surface area (Å²) in [6, 6.07) is 5.03. The molecule has 0 radical (unpaired) electrons. The molecule has 0 spiro atoms. The normalized spacial score (nSPS) is 18.7. The lowest BCUT2D eigenvalue weighted by Crippen LogP contribution is -2.50. The zero-order valence-electron chi connectivity index (χ0n) is 18.3. The number of nitrogens with one attached hydrogen (secondary N) is 2. The van der Waals surface area contributed by atoms with E-state index in [-0.39, 0.29) is 29.5 Å². The lowest BCUT2D eigenvalue weighted by atomic mass is 9.95. The molecule has 9 heteroatoms. The van der Waals surface area contributed by atoms with Crippen molar-refractivity contribution in [3.63, 3.8) is 0 Å². The van der Waals surface area contributed by atoms with Crippen molar-refractivity contribution < 1.29 is 19.1 Å². The van der Waals surface area contributed by atoms with Crippen molar-refractivity contribution in [1.29, 1.82) is 0 Å². The fraction of sp³-hybridized carbons (Fsp3) is 0.391. The Morgan fingerprint density at radius 1 is 1.25 bits per heavy atom. The van der Waals surface area contributed by atoms with E-state index in [9.17, 15) is 9.59 Å². The highest BCUT2D eigenvalue weighted by atomic mass is 16.4. The Morgan fingerprint density at radius 3 is 2.81 bits per heavy atom. The molecule has 4 heterocycles. The number of carbonyl (C=O) groups is 2. The predicted octanol–water partition coefficient (Wildman–Crippen LogP) is 4.08. The summed E-state index contributed by atoms with van der Waals surface area (Å²) < 4.78 is 5.55. The minimum absolute atomic E-state index is 0.187. The number of amides is 2. The average Bonchev–Trinajstić information content (AvgIpc) is 3.16.